The number of urea groups is 1. The van der Waals surface area contributed by atoms with E-state index in [2.05, 4.69) is 10.1 Å². The molecule has 1 aliphatic carbocycles. The van der Waals surface area contributed by atoms with Crippen molar-refractivity contribution in [3.8, 4) is 11.5 Å². The van der Waals surface area contributed by atoms with E-state index in [4.69, 9.17) is 27.9 Å². The SMILES string of the molecule is COc1cc(CN(C(=O)Nc2ccc(Cl)c(Cl)c2)C2CC2)ccc1OC(F)F. The molecule has 9 heteroatoms. The lowest BCUT2D eigenvalue weighted by Gasteiger charge is -2.23. The van der Waals surface area contributed by atoms with Gasteiger partial charge in [0.15, 0.2) is 11.5 Å². The Hall–Kier alpha value is -2.25. The molecule has 1 fully saturated rings. The fourth-order valence-electron chi connectivity index (χ4n) is 2.72. The van der Waals surface area contributed by atoms with Crippen molar-refractivity contribution in [3.05, 3.63) is 52.0 Å². The summed E-state index contributed by atoms with van der Waals surface area (Å²) in [6, 6.07) is 9.29. The van der Waals surface area contributed by atoms with Crippen molar-refractivity contribution in [1.82, 2.24) is 4.90 Å². The molecule has 0 bridgehead atoms. The first-order chi connectivity index (χ1) is 13.4. The number of benzene rings is 2. The Morgan fingerprint density at radius 1 is 1.18 bits per heavy atom. The lowest BCUT2D eigenvalue weighted by Crippen LogP contribution is -2.36. The number of carbonyl (C=O) groups is 1. The van der Waals surface area contributed by atoms with Crippen LogP contribution in [0.2, 0.25) is 10.0 Å². The van der Waals surface area contributed by atoms with E-state index < -0.39 is 6.61 Å². The molecule has 0 aromatic heterocycles. The number of carbonyl (C=O) groups excluding carboxylic acids is 1. The normalized spacial score (nSPS) is 13.4. The van der Waals surface area contributed by atoms with Gasteiger partial charge < -0.3 is 19.7 Å². The van der Waals surface area contributed by atoms with E-state index in [1.807, 2.05) is 0 Å². The topological polar surface area (TPSA) is 50.8 Å². The van der Waals surface area contributed by atoms with E-state index in [0.717, 1.165) is 18.4 Å². The largest absolute Gasteiger partial charge is 0.493 e. The highest BCUT2D eigenvalue weighted by Gasteiger charge is 2.33. The molecule has 2 aromatic carbocycles. The molecular formula is C19H18Cl2F2N2O3. The summed E-state index contributed by atoms with van der Waals surface area (Å²) in [6.45, 7) is -2.65. The van der Waals surface area contributed by atoms with Crippen LogP contribution in [0.5, 0.6) is 11.5 Å². The number of methoxy groups -OCH3 is 1. The summed E-state index contributed by atoms with van der Waals surface area (Å²) >= 11 is 11.9. The van der Waals surface area contributed by atoms with Crippen LogP contribution in [0, 0.1) is 0 Å². The number of anilines is 1. The second-order valence-corrected chi connectivity index (χ2v) is 7.10. The Morgan fingerprint density at radius 2 is 1.93 bits per heavy atom. The Bertz CT molecular complexity index is 863. The molecule has 0 unspecified atom stereocenters. The molecule has 28 heavy (non-hydrogen) atoms. The molecule has 2 aromatic rings. The van der Waals surface area contributed by atoms with E-state index in [0.29, 0.717) is 22.3 Å². The van der Waals surface area contributed by atoms with E-state index in [-0.39, 0.29) is 23.6 Å². The molecule has 3 rings (SSSR count). The second-order valence-electron chi connectivity index (χ2n) is 6.28. The van der Waals surface area contributed by atoms with Gasteiger partial charge in [-0.3, -0.25) is 0 Å². The van der Waals surface area contributed by atoms with Gasteiger partial charge >= 0.3 is 12.6 Å². The zero-order valence-electron chi connectivity index (χ0n) is 14.9. The average Bonchev–Trinajstić information content (AvgIpc) is 3.48. The smallest absolute Gasteiger partial charge is 0.387 e. The van der Waals surface area contributed by atoms with E-state index in [1.54, 1.807) is 35.2 Å². The van der Waals surface area contributed by atoms with Crippen LogP contribution in [0.3, 0.4) is 0 Å². The number of rotatable bonds is 7. The third kappa shape index (κ3) is 5.17. The fraction of sp³-hybridized carbons (Fsp3) is 0.316. The number of hydrogen-bond acceptors (Lipinski definition) is 3. The summed E-state index contributed by atoms with van der Waals surface area (Å²) in [4.78, 5) is 14.4. The third-order valence-electron chi connectivity index (χ3n) is 4.22. The maximum absolute atomic E-state index is 12.7. The van der Waals surface area contributed by atoms with Crippen molar-refractivity contribution in [1.29, 1.82) is 0 Å². The van der Waals surface area contributed by atoms with Gasteiger partial charge in [0.2, 0.25) is 0 Å². The van der Waals surface area contributed by atoms with Crippen LogP contribution >= 0.6 is 23.2 Å². The molecule has 0 spiro atoms. The maximum Gasteiger partial charge on any atom is 0.387 e. The van der Waals surface area contributed by atoms with Crippen LogP contribution in [0.15, 0.2) is 36.4 Å². The van der Waals surface area contributed by atoms with Crippen LogP contribution < -0.4 is 14.8 Å². The van der Waals surface area contributed by atoms with Crippen LogP contribution in [0.4, 0.5) is 19.3 Å². The van der Waals surface area contributed by atoms with Gasteiger partial charge in [0.25, 0.3) is 0 Å². The lowest BCUT2D eigenvalue weighted by molar-refractivity contribution is -0.0512. The van der Waals surface area contributed by atoms with Gasteiger partial charge in [-0.1, -0.05) is 29.3 Å². The van der Waals surface area contributed by atoms with Gasteiger partial charge in [0, 0.05) is 18.3 Å². The number of nitrogens with one attached hydrogen (secondary N) is 1. The molecule has 0 heterocycles. The predicted octanol–water partition coefficient (Wildman–Crippen LogP) is 5.80. The first-order valence-corrected chi connectivity index (χ1v) is 9.27. The minimum Gasteiger partial charge on any atom is -0.493 e. The van der Waals surface area contributed by atoms with Gasteiger partial charge in [-0.15, -0.1) is 0 Å². The van der Waals surface area contributed by atoms with Crippen molar-refractivity contribution in [2.45, 2.75) is 32.0 Å². The van der Waals surface area contributed by atoms with Gasteiger partial charge in [-0.2, -0.15) is 8.78 Å². The van der Waals surface area contributed by atoms with Crippen molar-refractivity contribution in [2.24, 2.45) is 0 Å². The molecule has 5 nitrogen and oxygen atoms in total. The molecule has 1 aliphatic rings. The molecule has 1 saturated carbocycles. The predicted molar refractivity (Wildman–Crippen MR) is 104 cm³/mol. The van der Waals surface area contributed by atoms with E-state index >= 15 is 0 Å². The molecule has 150 valence electrons. The highest BCUT2D eigenvalue weighted by molar-refractivity contribution is 6.42. The van der Waals surface area contributed by atoms with Crippen LogP contribution in [0.25, 0.3) is 0 Å². The number of ether oxygens (including phenoxy) is 2. The summed E-state index contributed by atoms with van der Waals surface area (Å²) in [5, 5.41) is 3.55. The summed E-state index contributed by atoms with van der Waals surface area (Å²) in [6.07, 6.45) is 1.80. The standard InChI is InChI=1S/C19H18Cl2F2N2O3/c1-27-17-8-11(2-7-16(17)28-18(22)23)10-25(13-4-5-13)19(26)24-12-3-6-14(20)15(21)9-12/h2-3,6-9,13,18H,4-5,10H2,1H3,(H,24,26). The van der Waals surface area contributed by atoms with Crippen molar-refractivity contribution in [3.63, 3.8) is 0 Å². The molecule has 0 radical (unpaired) electrons. The Morgan fingerprint density at radius 3 is 2.54 bits per heavy atom. The molecule has 0 saturated heterocycles. The first-order valence-electron chi connectivity index (χ1n) is 8.51. The van der Waals surface area contributed by atoms with Crippen LogP contribution in [-0.2, 0) is 6.54 Å². The molecule has 2 amide bonds. The lowest BCUT2D eigenvalue weighted by atomic mass is 10.2. The zero-order chi connectivity index (χ0) is 20.3. The summed E-state index contributed by atoms with van der Waals surface area (Å²) in [5.74, 6) is 0.123. The van der Waals surface area contributed by atoms with Gasteiger partial charge in [-0.05, 0) is 48.7 Å². The summed E-state index contributed by atoms with van der Waals surface area (Å²) in [7, 11) is 1.37. The van der Waals surface area contributed by atoms with Crippen LogP contribution in [0.1, 0.15) is 18.4 Å². The number of amides is 2. The van der Waals surface area contributed by atoms with E-state index in [1.165, 1.54) is 13.2 Å². The summed E-state index contributed by atoms with van der Waals surface area (Å²) in [5.41, 5.74) is 1.26. The van der Waals surface area contributed by atoms with Gasteiger partial charge in [0.05, 0.1) is 17.2 Å². The number of halogens is 4. The van der Waals surface area contributed by atoms with Crippen LogP contribution in [-0.4, -0.2) is 30.7 Å². The highest BCUT2D eigenvalue weighted by Crippen LogP contribution is 2.33. The first kappa shape index (κ1) is 20.5. The van der Waals surface area contributed by atoms with Gasteiger partial charge in [0.1, 0.15) is 0 Å². The Balaban J connectivity index is 1.74. The zero-order valence-corrected chi connectivity index (χ0v) is 16.4. The highest BCUT2D eigenvalue weighted by atomic mass is 35.5. The van der Waals surface area contributed by atoms with Crippen molar-refractivity contribution < 1.29 is 23.0 Å². The monoisotopic (exact) mass is 430 g/mol. The molecule has 0 atom stereocenters. The summed E-state index contributed by atoms with van der Waals surface area (Å²) < 4.78 is 34.5. The molecule has 1 N–H and O–H groups in total. The molecular weight excluding hydrogens is 413 g/mol. The fourth-order valence-corrected chi connectivity index (χ4v) is 3.02. The van der Waals surface area contributed by atoms with Crippen molar-refractivity contribution in [2.75, 3.05) is 12.4 Å². The minimum absolute atomic E-state index is 0.0560. The number of alkyl halides is 2. The minimum atomic E-state index is -2.94. The maximum atomic E-state index is 12.7. The number of hydrogen-bond donors (Lipinski definition) is 1. The van der Waals surface area contributed by atoms with Gasteiger partial charge in [-0.25, -0.2) is 4.79 Å². The molecule has 0 aliphatic heterocycles. The van der Waals surface area contributed by atoms with E-state index in [9.17, 15) is 13.6 Å². The van der Waals surface area contributed by atoms with Crippen molar-refractivity contribution >= 4 is 34.9 Å². The Kier molecular flexibility index (Phi) is 6.46. The second kappa shape index (κ2) is 8.84. The Labute approximate surface area is 171 Å². The quantitative estimate of drug-likeness (QED) is 0.603. The average molecular weight is 431 g/mol. The third-order valence-corrected chi connectivity index (χ3v) is 4.96. The number of nitrogens with zero attached hydrogens (tertiary/aromatic N) is 1.